The highest BCUT2D eigenvalue weighted by Gasteiger charge is 2.21. The van der Waals surface area contributed by atoms with E-state index in [0.717, 1.165) is 24.8 Å². The van der Waals surface area contributed by atoms with Crippen LogP contribution in [0.3, 0.4) is 0 Å². The van der Waals surface area contributed by atoms with E-state index in [0.29, 0.717) is 5.56 Å². The van der Waals surface area contributed by atoms with Crippen LogP contribution in [-0.2, 0) is 22.9 Å². The molecule has 0 radical (unpaired) electrons. The van der Waals surface area contributed by atoms with Gasteiger partial charge in [-0.3, -0.25) is 0 Å². The maximum atomic E-state index is 13.2. The third-order valence-corrected chi connectivity index (χ3v) is 6.08. The van der Waals surface area contributed by atoms with E-state index < -0.39 is 15.8 Å². The van der Waals surface area contributed by atoms with Crippen molar-refractivity contribution < 1.29 is 12.8 Å². The van der Waals surface area contributed by atoms with Crippen LogP contribution in [0.2, 0.25) is 0 Å². The van der Waals surface area contributed by atoms with Crippen molar-refractivity contribution in [2.45, 2.75) is 44.0 Å². The van der Waals surface area contributed by atoms with Crippen LogP contribution >= 0.6 is 0 Å². The largest absolute Gasteiger partial charge is 0.241 e. The second kappa shape index (κ2) is 6.06. The number of hydrogen-bond acceptors (Lipinski definition) is 2. The van der Waals surface area contributed by atoms with Gasteiger partial charge in [-0.2, -0.15) is 0 Å². The molecule has 2 aromatic rings. The number of halogens is 1. The van der Waals surface area contributed by atoms with Gasteiger partial charge in [0.15, 0.2) is 0 Å². The van der Waals surface area contributed by atoms with Gasteiger partial charge in [0.2, 0.25) is 10.0 Å². The third kappa shape index (κ3) is 3.31. The molecule has 0 aromatic heterocycles. The molecule has 5 heteroatoms. The van der Waals surface area contributed by atoms with Crippen LogP contribution in [0.5, 0.6) is 0 Å². The van der Waals surface area contributed by atoms with Crippen LogP contribution in [0.15, 0.2) is 41.3 Å². The fraction of sp³-hybridized carbons (Fsp3) is 0.333. The topological polar surface area (TPSA) is 46.2 Å². The first-order valence-corrected chi connectivity index (χ1v) is 9.25. The molecule has 0 aliphatic heterocycles. The van der Waals surface area contributed by atoms with E-state index in [2.05, 4.69) is 16.9 Å². The van der Waals surface area contributed by atoms with Gasteiger partial charge >= 0.3 is 0 Å². The smallest absolute Gasteiger partial charge is 0.207 e. The van der Waals surface area contributed by atoms with Gasteiger partial charge in [-0.1, -0.05) is 18.2 Å². The van der Waals surface area contributed by atoms with Crippen LogP contribution in [0, 0.1) is 12.7 Å². The molecular formula is C18H20FNO2S. The second-order valence-electron chi connectivity index (χ2n) is 6.13. The molecule has 0 amide bonds. The standard InChI is InChI=1S/C18H20FNO2S/c1-12-10-17(19)8-9-18(12)23(21,22)20-13(2)15-7-6-14-4-3-5-16(14)11-15/h6-11,13,20H,3-5H2,1-2H3/t13-/m0/s1. The van der Waals surface area contributed by atoms with E-state index in [4.69, 9.17) is 0 Å². The number of benzene rings is 2. The van der Waals surface area contributed by atoms with Crippen LogP contribution in [0.4, 0.5) is 4.39 Å². The fourth-order valence-corrected chi connectivity index (χ4v) is 4.60. The van der Waals surface area contributed by atoms with Gasteiger partial charge in [0.05, 0.1) is 4.90 Å². The summed E-state index contributed by atoms with van der Waals surface area (Å²) < 4.78 is 41.0. The summed E-state index contributed by atoms with van der Waals surface area (Å²) in [4.78, 5) is 0.118. The Hall–Kier alpha value is -1.72. The van der Waals surface area contributed by atoms with Crippen molar-refractivity contribution in [3.63, 3.8) is 0 Å². The molecule has 0 fully saturated rings. The Balaban J connectivity index is 1.85. The zero-order valence-corrected chi connectivity index (χ0v) is 14.1. The van der Waals surface area contributed by atoms with Crippen molar-refractivity contribution >= 4 is 10.0 Å². The molecule has 0 bridgehead atoms. The minimum atomic E-state index is -3.69. The number of fused-ring (bicyclic) bond motifs is 1. The molecule has 3 nitrogen and oxygen atoms in total. The number of hydrogen-bond donors (Lipinski definition) is 1. The lowest BCUT2D eigenvalue weighted by atomic mass is 10.0. The van der Waals surface area contributed by atoms with E-state index in [9.17, 15) is 12.8 Å². The molecule has 0 heterocycles. The van der Waals surface area contributed by atoms with Crippen molar-refractivity contribution in [1.29, 1.82) is 0 Å². The molecule has 122 valence electrons. The fourth-order valence-electron chi connectivity index (χ4n) is 3.14. The Bertz CT molecular complexity index is 846. The van der Waals surface area contributed by atoms with Gasteiger partial charge in [0, 0.05) is 6.04 Å². The monoisotopic (exact) mass is 333 g/mol. The number of sulfonamides is 1. The van der Waals surface area contributed by atoms with Crippen molar-refractivity contribution in [2.75, 3.05) is 0 Å². The Morgan fingerprint density at radius 3 is 2.57 bits per heavy atom. The highest BCUT2D eigenvalue weighted by atomic mass is 32.2. The zero-order valence-electron chi connectivity index (χ0n) is 13.3. The summed E-state index contributed by atoms with van der Waals surface area (Å²) in [5.41, 5.74) is 4.03. The van der Waals surface area contributed by atoms with Crippen molar-refractivity contribution in [3.8, 4) is 0 Å². The van der Waals surface area contributed by atoms with E-state index in [-0.39, 0.29) is 10.9 Å². The van der Waals surface area contributed by atoms with Gasteiger partial charge < -0.3 is 0 Å². The molecule has 3 rings (SSSR count). The Labute approximate surface area is 136 Å². The minimum Gasteiger partial charge on any atom is -0.207 e. The average molecular weight is 333 g/mol. The van der Waals surface area contributed by atoms with Gasteiger partial charge in [-0.25, -0.2) is 17.5 Å². The predicted molar refractivity (Wildman–Crippen MR) is 88.3 cm³/mol. The van der Waals surface area contributed by atoms with Gasteiger partial charge in [0.1, 0.15) is 5.82 Å². The number of nitrogens with one attached hydrogen (secondary N) is 1. The summed E-state index contributed by atoms with van der Waals surface area (Å²) in [7, 11) is -3.69. The van der Waals surface area contributed by atoms with Gasteiger partial charge in [-0.05, 0) is 73.6 Å². The Morgan fingerprint density at radius 2 is 1.83 bits per heavy atom. The van der Waals surface area contributed by atoms with Crippen molar-refractivity contribution in [3.05, 3.63) is 64.5 Å². The van der Waals surface area contributed by atoms with E-state index in [1.807, 2.05) is 13.0 Å². The lowest BCUT2D eigenvalue weighted by molar-refractivity contribution is 0.565. The quantitative estimate of drug-likeness (QED) is 0.928. The first-order valence-electron chi connectivity index (χ1n) is 7.77. The first-order chi connectivity index (χ1) is 10.9. The molecule has 23 heavy (non-hydrogen) atoms. The highest BCUT2D eigenvalue weighted by molar-refractivity contribution is 7.89. The highest BCUT2D eigenvalue weighted by Crippen LogP contribution is 2.26. The second-order valence-corrected chi connectivity index (χ2v) is 7.82. The average Bonchev–Trinajstić information content (AvgIpc) is 2.93. The number of aryl methyl sites for hydroxylation is 3. The van der Waals surface area contributed by atoms with E-state index >= 15 is 0 Å². The predicted octanol–water partition coefficient (Wildman–Crippen LogP) is 3.66. The molecule has 0 spiro atoms. The summed E-state index contributed by atoms with van der Waals surface area (Å²) in [6.45, 7) is 3.42. The summed E-state index contributed by atoms with van der Waals surface area (Å²) in [5, 5.41) is 0. The molecule has 0 saturated heterocycles. The molecule has 1 aliphatic rings. The maximum Gasteiger partial charge on any atom is 0.241 e. The summed E-state index contributed by atoms with van der Waals surface area (Å²) in [6.07, 6.45) is 3.32. The summed E-state index contributed by atoms with van der Waals surface area (Å²) >= 11 is 0. The van der Waals surface area contributed by atoms with Gasteiger partial charge in [0.25, 0.3) is 0 Å². The van der Waals surface area contributed by atoms with E-state index in [1.165, 1.54) is 29.3 Å². The molecule has 0 saturated carbocycles. The van der Waals surface area contributed by atoms with Crippen LogP contribution < -0.4 is 4.72 Å². The van der Waals surface area contributed by atoms with E-state index in [1.54, 1.807) is 6.92 Å². The van der Waals surface area contributed by atoms with Crippen molar-refractivity contribution in [2.24, 2.45) is 0 Å². The first kappa shape index (κ1) is 16.1. The molecule has 1 N–H and O–H groups in total. The van der Waals surface area contributed by atoms with Crippen LogP contribution in [0.1, 0.15) is 41.6 Å². The van der Waals surface area contributed by atoms with Gasteiger partial charge in [-0.15, -0.1) is 0 Å². The maximum absolute atomic E-state index is 13.2. The molecule has 1 aliphatic carbocycles. The van der Waals surface area contributed by atoms with Crippen LogP contribution in [-0.4, -0.2) is 8.42 Å². The molecule has 2 aromatic carbocycles. The third-order valence-electron chi connectivity index (χ3n) is 4.38. The molecular weight excluding hydrogens is 313 g/mol. The SMILES string of the molecule is Cc1cc(F)ccc1S(=O)(=O)N[C@@H](C)c1ccc2c(c1)CCC2. The Kier molecular flexibility index (Phi) is 4.25. The van der Waals surface area contributed by atoms with Crippen molar-refractivity contribution in [1.82, 2.24) is 4.72 Å². The lowest BCUT2D eigenvalue weighted by Gasteiger charge is -2.17. The Morgan fingerprint density at radius 1 is 1.09 bits per heavy atom. The number of rotatable bonds is 4. The summed E-state index contributed by atoms with van der Waals surface area (Å²) in [6, 6.07) is 9.53. The van der Waals surface area contributed by atoms with Crippen LogP contribution in [0.25, 0.3) is 0 Å². The zero-order chi connectivity index (χ0) is 16.6. The molecule has 0 unspecified atom stereocenters. The summed E-state index contributed by atoms with van der Waals surface area (Å²) in [5.74, 6) is -0.437. The minimum absolute atomic E-state index is 0.118. The normalized spacial score (nSPS) is 15.4. The molecule has 1 atom stereocenters. The lowest BCUT2D eigenvalue weighted by Crippen LogP contribution is -2.27.